The molecule has 0 aromatic heterocycles. The van der Waals surface area contributed by atoms with Gasteiger partial charge in [0.15, 0.2) is 0 Å². The number of aliphatic hydroxyl groups is 1. The summed E-state index contributed by atoms with van der Waals surface area (Å²) in [7, 11) is 0. The molecule has 2 heteroatoms. The van der Waals surface area contributed by atoms with E-state index in [1.165, 1.54) is 32.1 Å². The quantitative estimate of drug-likeness (QED) is 0.840. The lowest BCUT2D eigenvalue weighted by Gasteiger charge is -2.24. The summed E-state index contributed by atoms with van der Waals surface area (Å²) in [5.74, 6) is 0.489. The Balaban J connectivity index is 2.06. The summed E-state index contributed by atoms with van der Waals surface area (Å²) in [6.07, 6.45) is 6.77. The summed E-state index contributed by atoms with van der Waals surface area (Å²) < 4.78 is 13.6. The van der Waals surface area contributed by atoms with E-state index in [0.717, 1.165) is 12.0 Å². The van der Waals surface area contributed by atoms with E-state index < -0.39 is 6.10 Å². The molecular weight excluding hydrogens is 227 g/mol. The van der Waals surface area contributed by atoms with E-state index in [9.17, 15) is 9.50 Å². The Morgan fingerprint density at radius 2 is 1.72 bits per heavy atom. The molecule has 1 aromatic rings. The second-order valence-corrected chi connectivity index (χ2v) is 5.72. The monoisotopic (exact) mass is 250 g/mol. The molecule has 2 rings (SSSR count). The predicted octanol–water partition coefficient (Wildman–Crippen LogP) is 4.45. The van der Waals surface area contributed by atoms with Crippen LogP contribution in [-0.4, -0.2) is 5.11 Å². The fraction of sp³-hybridized carbons (Fsp3) is 0.625. The zero-order chi connectivity index (χ0) is 13.1. The molecule has 0 spiro atoms. The van der Waals surface area contributed by atoms with Crippen molar-refractivity contribution in [2.75, 3.05) is 0 Å². The normalized spacial score (nSPS) is 18.9. The lowest BCUT2D eigenvalue weighted by atomic mass is 9.84. The number of hydrogen-bond donors (Lipinski definition) is 1. The maximum absolute atomic E-state index is 13.6. The highest BCUT2D eigenvalue weighted by molar-refractivity contribution is 5.31. The standard InChI is InChI=1S/C16H23FO/c1-11-8-14(9-12(2)16(11)17)15(18)10-13-6-4-3-5-7-13/h8-9,13,15,18H,3-7,10H2,1-2H3. The molecule has 1 saturated carbocycles. The van der Waals surface area contributed by atoms with Gasteiger partial charge in [-0.05, 0) is 42.9 Å². The summed E-state index contributed by atoms with van der Waals surface area (Å²) in [5, 5.41) is 10.3. The summed E-state index contributed by atoms with van der Waals surface area (Å²) in [5.41, 5.74) is 2.14. The summed E-state index contributed by atoms with van der Waals surface area (Å²) in [4.78, 5) is 0. The maximum atomic E-state index is 13.6. The molecule has 0 radical (unpaired) electrons. The first kappa shape index (κ1) is 13.5. The van der Waals surface area contributed by atoms with Gasteiger partial charge in [-0.15, -0.1) is 0 Å². The van der Waals surface area contributed by atoms with E-state index in [0.29, 0.717) is 17.0 Å². The molecule has 18 heavy (non-hydrogen) atoms. The highest BCUT2D eigenvalue weighted by Gasteiger charge is 2.19. The van der Waals surface area contributed by atoms with Gasteiger partial charge in [-0.1, -0.05) is 44.2 Å². The van der Waals surface area contributed by atoms with Gasteiger partial charge in [-0.3, -0.25) is 0 Å². The first-order chi connectivity index (χ1) is 8.58. The Morgan fingerprint density at radius 1 is 1.17 bits per heavy atom. The molecule has 0 aliphatic heterocycles. The molecule has 0 saturated heterocycles. The number of hydrogen-bond acceptors (Lipinski definition) is 1. The van der Waals surface area contributed by atoms with Crippen LogP contribution in [0.3, 0.4) is 0 Å². The van der Waals surface area contributed by atoms with Crippen molar-refractivity contribution in [1.29, 1.82) is 0 Å². The van der Waals surface area contributed by atoms with Crippen LogP contribution in [0.4, 0.5) is 4.39 Å². The number of rotatable bonds is 3. The van der Waals surface area contributed by atoms with Crippen LogP contribution < -0.4 is 0 Å². The zero-order valence-electron chi connectivity index (χ0n) is 11.4. The van der Waals surface area contributed by atoms with Gasteiger partial charge in [0.1, 0.15) is 5.82 Å². The average Bonchev–Trinajstić information content (AvgIpc) is 2.36. The third-order valence-electron chi connectivity index (χ3n) is 4.12. The van der Waals surface area contributed by atoms with Crippen LogP contribution in [0.5, 0.6) is 0 Å². The minimum atomic E-state index is -0.439. The fourth-order valence-corrected chi connectivity index (χ4v) is 3.05. The summed E-state index contributed by atoms with van der Waals surface area (Å²) in [6.45, 7) is 3.53. The van der Waals surface area contributed by atoms with E-state index >= 15 is 0 Å². The smallest absolute Gasteiger partial charge is 0.129 e. The Labute approximate surface area is 109 Å². The Morgan fingerprint density at radius 3 is 2.28 bits per heavy atom. The summed E-state index contributed by atoms with van der Waals surface area (Å²) >= 11 is 0. The van der Waals surface area contributed by atoms with E-state index in [1.54, 1.807) is 26.0 Å². The molecule has 1 aromatic carbocycles. The molecule has 0 amide bonds. The van der Waals surface area contributed by atoms with Gasteiger partial charge >= 0.3 is 0 Å². The van der Waals surface area contributed by atoms with Gasteiger partial charge in [0, 0.05) is 0 Å². The van der Waals surface area contributed by atoms with Crippen molar-refractivity contribution in [2.45, 2.75) is 58.5 Å². The van der Waals surface area contributed by atoms with Crippen LogP contribution in [0.2, 0.25) is 0 Å². The second-order valence-electron chi connectivity index (χ2n) is 5.72. The van der Waals surface area contributed by atoms with Gasteiger partial charge in [-0.25, -0.2) is 4.39 Å². The van der Waals surface area contributed by atoms with Gasteiger partial charge < -0.3 is 5.11 Å². The third kappa shape index (κ3) is 3.11. The Bertz CT molecular complexity index is 385. The number of aliphatic hydroxyl groups excluding tert-OH is 1. The highest BCUT2D eigenvalue weighted by Crippen LogP contribution is 2.32. The SMILES string of the molecule is Cc1cc(C(O)CC2CCCCC2)cc(C)c1F. The van der Waals surface area contributed by atoms with Crippen molar-refractivity contribution >= 4 is 0 Å². The Hall–Kier alpha value is -0.890. The Kier molecular flexibility index (Phi) is 4.39. The molecule has 0 heterocycles. The highest BCUT2D eigenvalue weighted by atomic mass is 19.1. The lowest BCUT2D eigenvalue weighted by molar-refractivity contribution is 0.131. The summed E-state index contributed by atoms with van der Waals surface area (Å²) in [6, 6.07) is 3.58. The number of benzene rings is 1. The van der Waals surface area contributed by atoms with E-state index in [-0.39, 0.29) is 5.82 Å². The van der Waals surface area contributed by atoms with Crippen molar-refractivity contribution in [3.63, 3.8) is 0 Å². The van der Waals surface area contributed by atoms with E-state index in [2.05, 4.69) is 0 Å². The molecule has 100 valence electrons. The first-order valence-corrected chi connectivity index (χ1v) is 7.02. The van der Waals surface area contributed by atoms with Gasteiger partial charge in [0.2, 0.25) is 0 Å². The topological polar surface area (TPSA) is 20.2 Å². The van der Waals surface area contributed by atoms with Crippen molar-refractivity contribution in [3.05, 3.63) is 34.6 Å². The van der Waals surface area contributed by atoms with Crippen LogP contribution in [0, 0.1) is 25.6 Å². The van der Waals surface area contributed by atoms with Crippen LogP contribution in [0.25, 0.3) is 0 Å². The fourth-order valence-electron chi connectivity index (χ4n) is 3.05. The van der Waals surface area contributed by atoms with Crippen molar-refractivity contribution in [3.8, 4) is 0 Å². The molecule has 0 bridgehead atoms. The van der Waals surface area contributed by atoms with Gasteiger partial charge in [-0.2, -0.15) is 0 Å². The molecule has 1 N–H and O–H groups in total. The zero-order valence-corrected chi connectivity index (χ0v) is 11.4. The van der Waals surface area contributed by atoms with Crippen molar-refractivity contribution < 1.29 is 9.50 Å². The van der Waals surface area contributed by atoms with Crippen LogP contribution in [-0.2, 0) is 0 Å². The largest absolute Gasteiger partial charge is 0.388 e. The van der Waals surface area contributed by atoms with Gasteiger partial charge in [0.05, 0.1) is 6.10 Å². The molecule has 1 nitrogen and oxygen atoms in total. The molecule has 1 aliphatic carbocycles. The number of aryl methyl sites for hydroxylation is 2. The molecule has 1 aliphatic rings. The molecule has 1 atom stereocenters. The van der Waals surface area contributed by atoms with Crippen molar-refractivity contribution in [1.82, 2.24) is 0 Å². The van der Waals surface area contributed by atoms with Crippen LogP contribution >= 0.6 is 0 Å². The average molecular weight is 250 g/mol. The predicted molar refractivity (Wildman–Crippen MR) is 72.0 cm³/mol. The van der Waals surface area contributed by atoms with Crippen molar-refractivity contribution in [2.24, 2.45) is 5.92 Å². The third-order valence-corrected chi connectivity index (χ3v) is 4.12. The molecule has 1 fully saturated rings. The maximum Gasteiger partial charge on any atom is 0.129 e. The molecule has 1 unspecified atom stereocenters. The lowest BCUT2D eigenvalue weighted by Crippen LogP contribution is -2.11. The minimum absolute atomic E-state index is 0.149. The van der Waals surface area contributed by atoms with E-state index in [4.69, 9.17) is 0 Å². The molecular formula is C16H23FO. The van der Waals surface area contributed by atoms with Crippen LogP contribution in [0.15, 0.2) is 12.1 Å². The number of halogens is 1. The van der Waals surface area contributed by atoms with E-state index in [1.807, 2.05) is 0 Å². The van der Waals surface area contributed by atoms with Crippen LogP contribution in [0.1, 0.15) is 61.3 Å². The second kappa shape index (κ2) is 5.83. The minimum Gasteiger partial charge on any atom is -0.388 e. The van der Waals surface area contributed by atoms with Gasteiger partial charge in [0.25, 0.3) is 0 Å². The first-order valence-electron chi connectivity index (χ1n) is 7.02.